The summed E-state index contributed by atoms with van der Waals surface area (Å²) in [4.78, 5) is 73.2. The number of H-pyrrole nitrogens is 1. The van der Waals surface area contributed by atoms with Crippen LogP contribution < -0.4 is 26.1 Å². The number of aromatic amines is 1. The Hall–Kier alpha value is -7.33. The lowest BCUT2D eigenvalue weighted by molar-refractivity contribution is -0.135. The number of amides is 2. The number of thiazole rings is 1. The molecule has 6 saturated heterocycles. The number of rotatable bonds is 13. The molecule has 19 nitrogen and oxygen atoms in total. The van der Waals surface area contributed by atoms with Crippen molar-refractivity contribution in [2.24, 2.45) is 5.92 Å². The van der Waals surface area contributed by atoms with Crippen molar-refractivity contribution in [1.29, 1.82) is 0 Å². The molecule has 0 aliphatic carbocycles. The van der Waals surface area contributed by atoms with E-state index < -0.39 is 11.5 Å². The third-order valence-electron chi connectivity index (χ3n) is 19.0. The van der Waals surface area contributed by atoms with E-state index in [2.05, 4.69) is 102 Å². The van der Waals surface area contributed by atoms with Crippen LogP contribution in [0.5, 0.6) is 5.75 Å². The van der Waals surface area contributed by atoms with Crippen LogP contribution in [0.25, 0.3) is 43.4 Å². The van der Waals surface area contributed by atoms with Gasteiger partial charge in [-0.05, 0) is 144 Å². The maximum absolute atomic E-state index is 16.0. The first-order chi connectivity index (χ1) is 41.9. The number of carbonyl (C=O) groups excluding carboxylic acids is 2. The minimum atomic E-state index is -0.621. The molecule has 464 valence electrons. The number of aryl methyl sites for hydroxylation is 2. The molecule has 6 aliphatic heterocycles. The van der Waals surface area contributed by atoms with E-state index in [1.807, 2.05) is 67.6 Å². The van der Waals surface area contributed by atoms with Crippen molar-refractivity contribution in [2.45, 2.75) is 161 Å². The van der Waals surface area contributed by atoms with Gasteiger partial charge in [0.15, 0.2) is 17.4 Å². The highest BCUT2D eigenvalue weighted by Gasteiger charge is 2.46. The first-order valence-corrected chi connectivity index (χ1v) is 32.0. The second kappa shape index (κ2) is 27.4. The Morgan fingerprint density at radius 3 is 2.37 bits per heavy atom. The van der Waals surface area contributed by atoms with Gasteiger partial charge in [0.25, 0.3) is 6.47 Å². The number of pyridine rings is 1. The summed E-state index contributed by atoms with van der Waals surface area (Å²) >= 11 is 1.64. The number of halogens is 1. The minimum Gasteiger partial charge on any atom is -0.508 e. The molecule has 8 atom stereocenters. The Labute approximate surface area is 512 Å². The zero-order valence-electron chi connectivity index (χ0n) is 51.5. The van der Waals surface area contributed by atoms with Crippen LogP contribution in [0.1, 0.15) is 134 Å². The average Bonchev–Trinajstić information content (AvgIpc) is 2.35. The SMILES string of the molecule is CC(C)C(C(=O)N1CCCC1C)c1cc(N2CCN(CC3CC[C@]4(C)CCCN34)CC2C)no1.CCc1cccc2cc(O)cc(-c3ncc4c(N5CC6CCC(C5)N6)nc(=O)[nH]c4c3F)c12.Cc1ncsc1-c1ccc(C(C)NC=O)cc1.O=CO. The third-order valence-corrected chi connectivity index (χ3v) is 19.9. The minimum absolute atomic E-state index is 0.0345. The molecule has 4 aromatic heterocycles. The van der Waals surface area contributed by atoms with Crippen LogP contribution in [0.3, 0.4) is 0 Å². The molecular formula is C66H85FN12O7S. The zero-order valence-corrected chi connectivity index (χ0v) is 52.3. The van der Waals surface area contributed by atoms with Gasteiger partial charge in [0.05, 0.1) is 33.0 Å². The Kier molecular flexibility index (Phi) is 19.7. The number of piperazine rings is 2. The van der Waals surface area contributed by atoms with Crippen molar-refractivity contribution >= 4 is 63.4 Å². The molecule has 0 spiro atoms. The second-order valence-electron chi connectivity index (χ2n) is 25.1. The van der Waals surface area contributed by atoms with Crippen LogP contribution in [0.15, 0.2) is 81.7 Å². The van der Waals surface area contributed by atoms with E-state index in [9.17, 15) is 19.5 Å². The Morgan fingerprint density at radius 2 is 1.70 bits per heavy atom. The highest BCUT2D eigenvalue weighted by atomic mass is 32.1. The molecule has 3 aromatic carbocycles. The van der Waals surface area contributed by atoms with E-state index in [0.29, 0.717) is 46.5 Å². The second-order valence-corrected chi connectivity index (χ2v) is 26.0. The lowest BCUT2D eigenvalue weighted by atomic mass is 9.91. The molecule has 2 amide bonds. The van der Waals surface area contributed by atoms with Gasteiger partial charge in [0.1, 0.15) is 23.2 Å². The van der Waals surface area contributed by atoms with Crippen LogP contribution in [-0.2, 0) is 20.8 Å². The molecule has 6 aliphatic rings. The number of hydrogen-bond acceptors (Lipinski definition) is 16. The Morgan fingerprint density at radius 1 is 0.943 bits per heavy atom. The molecule has 21 heteroatoms. The first-order valence-electron chi connectivity index (χ1n) is 31.1. The van der Waals surface area contributed by atoms with Gasteiger partial charge in [0, 0.05) is 99.4 Å². The van der Waals surface area contributed by atoms with Crippen LogP contribution >= 0.6 is 11.3 Å². The van der Waals surface area contributed by atoms with Gasteiger partial charge in [-0.25, -0.2) is 14.2 Å². The summed E-state index contributed by atoms with van der Waals surface area (Å²) in [5.41, 5.74) is 6.78. The fraction of sp³-hybridized carbons (Fsp3) is 0.515. The summed E-state index contributed by atoms with van der Waals surface area (Å²) in [5.74, 6) is 1.63. The molecule has 5 N–H and O–H groups in total. The zero-order chi connectivity index (χ0) is 61.7. The van der Waals surface area contributed by atoms with E-state index >= 15 is 4.39 Å². The van der Waals surface area contributed by atoms with Gasteiger partial charge < -0.3 is 45.1 Å². The van der Waals surface area contributed by atoms with E-state index in [1.165, 1.54) is 55.3 Å². The fourth-order valence-corrected chi connectivity index (χ4v) is 15.3. The number of phenols is 1. The summed E-state index contributed by atoms with van der Waals surface area (Å²) in [5, 5.41) is 30.1. The van der Waals surface area contributed by atoms with Crippen molar-refractivity contribution in [2.75, 3.05) is 62.2 Å². The Balaban J connectivity index is 0.000000149. The van der Waals surface area contributed by atoms with Gasteiger partial charge >= 0.3 is 5.69 Å². The van der Waals surface area contributed by atoms with Gasteiger partial charge in [-0.1, -0.05) is 68.4 Å². The smallest absolute Gasteiger partial charge is 0.347 e. The number of phenolic OH excluding ortho intramolecular Hbond substituents is 1. The topological polar surface area (TPSA) is 229 Å². The number of likely N-dealkylation sites (tertiary alicyclic amines) is 1. The van der Waals surface area contributed by atoms with Gasteiger partial charge in [-0.3, -0.25) is 29.2 Å². The van der Waals surface area contributed by atoms with Crippen molar-refractivity contribution in [3.8, 4) is 27.4 Å². The average molecular weight is 1210 g/mol. The molecule has 0 radical (unpaired) electrons. The predicted octanol–water partition coefficient (Wildman–Crippen LogP) is 10.1. The van der Waals surface area contributed by atoms with Gasteiger partial charge in [0.2, 0.25) is 12.3 Å². The van der Waals surface area contributed by atoms with Crippen molar-refractivity contribution in [1.82, 2.24) is 50.4 Å². The molecular weight excluding hydrogens is 1120 g/mol. The van der Waals surface area contributed by atoms with E-state index in [4.69, 9.17) is 14.4 Å². The van der Waals surface area contributed by atoms with Gasteiger partial charge in [-0.15, -0.1) is 11.3 Å². The first kappa shape index (κ1) is 62.7. The summed E-state index contributed by atoms with van der Waals surface area (Å²) < 4.78 is 21.8. The third kappa shape index (κ3) is 13.6. The van der Waals surface area contributed by atoms with Crippen LogP contribution in [0.4, 0.5) is 16.0 Å². The standard InChI is InChI=1S/C27H45N5O2.C25H24FN5O2.C13H14N2OS.CH2O2/c1-19(2)25(26(33)31-12-6-8-20(31)3)23-16-24(28-34-23)30-15-14-29(17-21(30)4)18-22-9-11-27(5)10-7-13-32(22)27;1-2-13-4-3-5-14-8-17(32)9-18(20(13)14)22-21(26)23-19(10-27-22)24(30-25(33)29-23)31-11-15-6-7-16(12-31)28-15;1-9(14-7-16)11-3-5-12(6-4-11)13-10(2)15-8-17-13;2-1-3/h16,19-22,25H,6-15,17-18H2,1-5H3;3-5,8-10,15-16,28,32H,2,6-7,11-12H2,1H3,(H,29,30,33);3-9H,1-2H3,(H,14,16);1H,(H,2,3)/t20?,21?,22?,25?,27-;;;/m0.../s1. The molecule has 87 heavy (non-hydrogen) atoms. The quantitative estimate of drug-likeness (QED) is 0.0676. The highest BCUT2D eigenvalue weighted by molar-refractivity contribution is 7.13. The lowest BCUT2D eigenvalue weighted by Gasteiger charge is -2.42. The largest absolute Gasteiger partial charge is 0.508 e. The van der Waals surface area contributed by atoms with Crippen LogP contribution in [-0.4, -0.2) is 157 Å². The number of carbonyl (C=O) groups is 3. The molecule has 10 heterocycles. The van der Waals surface area contributed by atoms with Crippen molar-refractivity contribution < 1.29 is 33.5 Å². The molecule has 6 fully saturated rings. The number of nitrogens with zero attached hydrogens (tertiary/aromatic N) is 9. The van der Waals surface area contributed by atoms with Crippen LogP contribution in [0, 0.1) is 18.7 Å². The van der Waals surface area contributed by atoms with E-state index in [-0.39, 0.29) is 47.2 Å². The molecule has 7 aromatic rings. The maximum Gasteiger partial charge on any atom is 0.347 e. The number of aromatic nitrogens is 5. The summed E-state index contributed by atoms with van der Waals surface area (Å²) in [6.07, 6.45) is 12.9. The monoisotopic (exact) mass is 1210 g/mol. The fourth-order valence-electron chi connectivity index (χ4n) is 14.5. The highest BCUT2D eigenvalue weighted by Crippen LogP contribution is 2.43. The summed E-state index contributed by atoms with van der Waals surface area (Å²) in [7, 11) is 0. The lowest BCUT2D eigenvalue weighted by Crippen LogP contribution is -2.55. The van der Waals surface area contributed by atoms with Crippen LogP contribution in [0.2, 0.25) is 0 Å². The number of benzene rings is 3. The normalized spacial score (nSPS) is 23.3. The number of aromatic hydroxyl groups is 1. The number of anilines is 2. The molecule has 0 saturated carbocycles. The number of nitrogens with one attached hydrogen (secondary N) is 3. The van der Waals surface area contributed by atoms with E-state index in [0.717, 1.165) is 123 Å². The van der Waals surface area contributed by atoms with Crippen molar-refractivity contribution in [3.63, 3.8) is 0 Å². The molecule has 13 rings (SSSR count). The van der Waals surface area contributed by atoms with Crippen molar-refractivity contribution in [3.05, 3.63) is 111 Å². The number of hydrogen-bond donors (Lipinski definition) is 5. The van der Waals surface area contributed by atoms with Gasteiger partial charge in [-0.2, -0.15) is 4.98 Å². The summed E-state index contributed by atoms with van der Waals surface area (Å²) in [6.45, 7) is 24.8. The Bertz CT molecular complexity index is 3580. The molecule has 7 unspecified atom stereocenters. The summed E-state index contributed by atoms with van der Waals surface area (Å²) in [6, 6.07) is 21.4. The molecule has 2 bridgehead atoms. The number of carboxylic acid groups (broad SMARTS) is 1. The maximum atomic E-state index is 16.0. The predicted molar refractivity (Wildman–Crippen MR) is 340 cm³/mol. The van der Waals surface area contributed by atoms with E-state index in [1.54, 1.807) is 23.6 Å². The number of fused-ring (bicyclic) bond motifs is 5.